The van der Waals surface area contributed by atoms with E-state index >= 15 is 0 Å². The molecule has 5 nitrogen and oxygen atoms in total. The number of amides is 1. The third kappa shape index (κ3) is 5.32. The molecule has 0 radical (unpaired) electrons. The molecule has 2 heterocycles. The van der Waals surface area contributed by atoms with Crippen LogP contribution >= 0.6 is 11.3 Å². The highest BCUT2D eigenvalue weighted by atomic mass is 32.1. The van der Waals surface area contributed by atoms with Crippen molar-refractivity contribution in [1.82, 2.24) is 14.8 Å². The first-order chi connectivity index (χ1) is 15.1. The fourth-order valence-corrected chi connectivity index (χ4v) is 3.89. The number of carbonyl (C=O) groups excluding carboxylic acids is 1. The number of aromatic nitrogens is 3. The van der Waals surface area contributed by atoms with Crippen molar-refractivity contribution < 1.29 is 9.18 Å². The van der Waals surface area contributed by atoms with Crippen LogP contribution in [0.25, 0.3) is 17.3 Å². The number of hydrogen-bond acceptors (Lipinski definition) is 4. The van der Waals surface area contributed by atoms with Crippen LogP contribution in [0, 0.1) is 5.82 Å². The summed E-state index contributed by atoms with van der Waals surface area (Å²) in [6.07, 6.45) is 8.51. The Balaban J connectivity index is 1.38. The van der Waals surface area contributed by atoms with E-state index in [2.05, 4.69) is 15.4 Å². The quantitative estimate of drug-likeness (QED) is 0.413. The molecule has 0 atom stereocenters. The van der Waals surface area contributed by atoms with Gasteiger partial charge in [0.25, 0.3) is 0 Å². The number of benzene rings is 2. The highest BCUT2D eigenvalue weighted by molar-refractivity contribution is 7.09. The van der Waals surface area contributed by atoms with Crippen molar-refractivity contribution in [3.05, 3.63) is 94.3 Å². The van der Waals surface area contributed by atoms with Gasteiger partial charge in [-0.25, -0.2) is 9.37 Å². The molecule has 1 amide bonds. The second kappa shape index (κ2) is 9.49. The van der Waals surface area contributed by atoms with Crippen LogP contribution in [0.1, 0.15) is 16.1 Å². The minimum Gasteiger partial charge on any atom is -0.323 e. The number of nitrogens with zero attached hydrogens (tertiary/aromatic N) is 3. The van der Waals surface area contributed by atoms with Crippen LogP contribution < -0.4 is 5.32 Å². The van der Waals surface area contributed by atoms with E-state index in [1.165, 1.54) is 23.8 Å². The van der Waals surface area contributed by atoms with E-state index in [1.807, 2.05) is 42.9 Å². The lowest BCUT2D eigenvalue weighted by Crippen LogP contribution is -2.07. The van der Waals surface area contributed by atoms with Gasteiger partial charge in [-0.3, -0.25) is 9.48 Å². The van der Waals surface area contributed by atoms with Gasteiger partial charge < -0.3 is 5.32 Å². The zero-order valence-electron chi connectivity index (χ0n) is 17.0. The number of hydrogen-bond donors (Lipinski definition) is 1. The molecule has 0 spiro atoms. The third-order valence-corrected chi connectivity index (χ3v) is 5.67. The normalized spacial score (nSPS) is 11.2. The number of aryl methyl sites for hydroxylation is 3. The van der Waals surface area contributed by atoms with E-state index in [9.17, 15) is 9.18 Å². The molecule has 0 aliphatic rings. The van der Waals surface area contributed by atoms with Crippen molar-refractivity contribution in [2.45, 2.75) is 12.8 Å². The van der Waals surface area contributed by atoms with E-state index in [0.717, 1.165) is 40.4 Å². The van der Waals surface area contributed by atoms with E-state index in [1.54, 1.807) is 40.4 Å². The van der Waals surface area contributed by atoms with E-state index in [0.29, 0.717) is 0 Å². The number of thiazole rings is 1. The maximum Gasteiger partial charge on any atom is 0.248 e. The lowest BCUT2D eigenvalue weighted by atomic mass is 10.1. The summed E-state index contributed by atoms with van der Waals surface area (Å²) in [5, 5.41) is 10.2. The van der Waals surface area contributed by atoms with Crippen molar-refractivity contribution in [3.8, 4) is 11.3 Å². The number of anilines is 1. The van der Waals surface area contributed by atoms with Gasteiger partial charge in [0.15, 0.2) is 0 Å². The van der Waals surface area contributed by atoms with Gasteiger partial charge in [0.1, 0.15) is 5.82 Å². The van der Waals surface area contributed by atoms with Gasteiger partial charge in [-0.2, -0.15) is 5.10 Å². The highest BCUT2D eigenvalue weighted by Gasteiger charge is 2.09. The molecule has 0 saturated heterocycles. The smallest absolute Gasteiger partial charge is 0.248 e. The van der Waals surface area contributed by atoms with Gasteiger partial charge in [-0.1, -0.05) is 12.1 Å². The largest absolute Gasteiger partial charge is 0.323 e. The van der Waals surface area contributed by atoms with Crippen LogP contribution in [0.3, 0.4) is 0 Å². The summed E-state index contributed by atoms with van der Waals surface area (Å²) in [6.45, 7) is 0. The topological polar surface area (TPSA) is 59.8 Å². The summed E-state index contributed by atoms with van der Waals surface area (Å²) in [5.41, 5.74) is 4.35. The summed E-state index contributed by atoms with van der Waals surface area (Å²) in [4.78, 5) is 16.7. The zero-order chi connectivity index (χ0) is 21.6. The summed E-state index contributed by atoms with van der Waals surface area (Å²) >= 11 is 1.66. The Morgan fingerprint density at radius 2 is 1.90 bits per heavy atom. The van der Waals surface area contributed by atoms with Crippen molar-refractivity contribution in [3.63, 3.8) is 0 Å². The van der Waals surface area contributed by atoms with Gasteiger partial charge >= 0.3 is 0 Å². The first kappa shape index (κ1) is 20.7. The van der Waals surface area contributed by atoms with E-state index < -0.39 is 0 Å². The van der Waals surface area contributed by atoms with Crippen LogP contribution in [-0.2, 0) is 24.7 Å². The van der Waals surface area contributed by atoms with E-state index in [4.69, 9.17) is 0 Å². The second-order valence-corrected chi connectivity index (χ2v) is 8.00. The standard InChI is InChI=1S/C24H21FN4OS/c1-29-24(18-5-8-20(25)9-6-18)19(16-27-29)7-12-22(30)28-21-10-2-17(3-11-21)4-13-23-26-14-15-31-23/h2-3,5-12,14-16H,4,13H2,1H3,(H,28,30). The van der Waals surface area contributed by atoms with Crippen molar-refractivity contribution in [2.75, 3.05) is 5.32 Å². The van der Waals surface area contributed by atoms with Crippen LogP contribution in [-0.4, -0.2) is 20.7 Å². The molecule has 0 fully saturated rings. The van der Waals surface area contributed by atoms with Gasteiger partial charge in [-0.05, 0) is 54.5 Å². The molecule has 4 aromatic rings. The molecule has 1 N–H and O–H groups in total. The molecular weight excluding hydrogens is 411 g/mol. The fraction of sp³-hybridized carbons (Fsp3) is 0.125. The minimum atomic E-state index is -0.295. The van der Waals surface area contributed by atoms with Crippen LogP contribution in [0.4, 0.5) is 10.1 Å². The maximum atomic E-state index is 13.2. The fourth-order valence-electron chi connectivity index (χ4n) is 3.27. The van der Waals surface area contributed by atoms with Crippen molar-refractivity contribution in [1.29, 1.82) is 0 Å². The molecule has 0 unspecified atom stereocenters. The molecule has 4 rings (SSSR count). The zero-order valence-corrected chi connectivity index (χ0v) is 17.8. The Morgan fingerprint density at radius 1 is 1.13 bits per heavy atom. The number of carbonyl (C=O) groups is 1. The predicted molar refractivity (Wildman–Crippen MR) is 122 cm³/mol. The Morgan fingerprint density at radius 3 is 2.61 bits per heavy atom. The van der Waals surface area contributed by atoms with Crippen molar-refractivity contribution >= 4 is 29.0 Å². The summed E-state index contributed by atoms with van der Waals surface area (Å²) in [7, 11) is 1.81. The number of halogens is 1. The molecular formula is C24H21FN4OS. The minimum absolute atomic E-state index is 0.232. The number of rotatable bonds is 7. The number of nitrogens with one attached hydrogen (secondary N) is 1. The maximum absolute atomic E-state index is 13.2. The Labute approximate surface area is 183 Å². The van der Waals surface area contributed by atoms with Crippen LogP contribution in [0.15, 0.2) is 72.4 Å². The molecule has 0 aliphatic heterocycles. The Hall–Kier alpha value is -3.58. The third-order valence-electron chi connectivity index (χ3n) is 4.83. The monoisotopic (exact) mass is 432 g/mol. The first-order valence-electron chi connectivity index (χ1n) is 9.83. The SMILES string of the molecule is Cn1ncc(C=CC(=O)Nc2ccc(CCc3nccs3)cc2)c1-c1ccc(F)cc1. The average Bonchev–Trinajstić information content (AvgIpc) is 3.42. The Bertz CT molecular complexity index is 1180. The Kier molecular flexibility index (Phi) is 6.33. The van der Waals surface area contributed by atoms with Crippen molar-refractivity contribution in [2.24, 2.45) is 7.05 Å². The lowest BCUT2D eigenvalue weighted by molar-refractivity contribution is -0.111. The summed E-state index contributed by atoms with van der Waals surface area (Å²) < 4.78 is 14.9. The highest BCUT2D eigenvalue weighted by Crippen LogP contribution is 2.24. The van der Waals surface area contributed by atoms with E-state index in [-0.39, 0.29) is 11.7 Å². The predicted octanol–water partition coefficient (Wildman–Crippen LogP) is 5.12. The molecule has 2 aromatic heterocycles. The van der Waals surface area contributed by atoms with Gasteiger partial charge in [0.05, 0.1) is 16.9 Å². The van der Waals surface area contributed by atoms with Gasteiger partial charge in [0.2, 0.25) is 5.91 Å². The molecule has 0 aliphatic carbocycles. The summed E-state index contributed by atoms with van der Waals surface area (Å²) in [5.74, 6) is -0.527. The summed E-state index contributed by atoms with van der Waals surface area (Å²) in [6, 6.07) is 14.0. The lowest BCUT2D eigenvalue weighted by Gasteiger charge is -2.05. The first-order valence-corrected chi connectivity index (χ1v) is 10.7. The molecule has 2 aromatic carbocycles. The molecule has 7 heteroatoms. The second-order valence-electron chi connectivity index (χ2n) is 7.02. The molecule has 0 bridgehead atoms. The average molecular weight is 433 g/mol. The van der Waals surface area contributed by atoms with Gasteiger partial charge in [-0.15, -0.1) is 11.3 Å². The van der Waals surface area contributed by atoms with Crippen LogP contribution in [0.5, 0.6) is 0 Å². The molecule has 31 heavy (non-hydrogen) atoms. The molecule has 0 saturated carbocycles. The van der Waals surface area contributed by atoms with Crippen LogP contribution in [0.2, 0.25) is 0 Å². The van der Waals surface area contributed by atoms with Gasteiger partial charge in [0, 0.05) is 47.9 Å². The molecule has 156 valence electrons.